The smallest absolute Gasteiger partial charge is 0.194 e. The minimum atomic E-state index is 0.0109. The minimum absolute atomic E-state index is 0.0109. The van der Waals surface area contributed by atoms with Crippen LogP contribution in [0.15, 0.2) is 91.0 Å². The fraction of sp³-hybridized carbons (Fsp3) is 0. The second kappa shape index (κ2) is 6.21. The first-order valence-corrected chi connectivity index (χ1v) is 12.4. The number of ketones is 2. The zero-order valence-electron chi connectivity index (χ0n) is 19.6. The second-order valence-electron chi connectivity index (χ2n) is 10.2. The van der Waals surface area contributed by atoms with Gasteiger partial charge in [-0.1, -0.05) is 66.7 Å². The van der Waals surface area contributed by atoms with Crippen molar-refractivity contribution in [1.29, 1.82) is 0 Å². The Morgan fingerprint density at radius 2 is 0.811 bits per heavy atom. The number of rotatable bonds is 0. The standard InChI is InChI=1S/C34H17NO2/c35-16-5-6-18-20-8-10-22-21-9-7-19-17-3-1-2-4-25(17)33(36)26-13-11-23(29(21)31(19)26)24-12-14-27(32(20)30(22)24)34(37)28(18)15-16/h1-15H,35H2. The Labute approximate surface area is 211 Å². The number of nitrogens with two attached hydrogens (primary N) is 1. The molecule has 0 aliphatic heterocycles. The molecule has 2 N–H and O–H groups in total. The van der Waals surface area contributed by atoms with E-state index in [0.717, 1.165) is 76.5 Å². The average molecular weight is 472 g/mol. The van der Waals surface area contributed by atoms with Crippen LogP contribution in [-0.2, 0) is 0 Å². The quantitative estimate of drug-likeness (QED) is 0.140. The van der Waals surface area contributed by atoms with Crippen LogP contribution in [0.2, 0.25) is 0 Å². The predicted octanol–water partition coefficient (Wildman–Crippen LogP) is 7.74. The third-order valence-electron chi connectivity index (χ3n) is 8.43. The van der Waals surface area contributed by atoms with Crippen molar-refractivity contribution in [1.82, 2.24) is 0 Å². The lowest BCUT2D eigenvalue weighted by atomic mass is 9.76. The van der Waals surface area contributed by atoms with Crippen LogP contribution >= 0.6 is 0 Å². The van der Waals surface area contributed by atoms with Crippen molar-refractivity contribution in [2.45, 2.75) is 0 Å². The summed E-state index contributed by atoms with van der Waals surface area (Å²) in [4.78, 5) is 27.1. The summed E-state index contributed by atoms with van der Waals surface area (Å²) in [6.07, 6.45) is 0. The van der Waals surface area contributed by atoms with E-state index in [9.17, 15) is 9.59 Å². The van der Waals surface area contributed by atoms with Crippen molar-refractivity contribution in [3.8, 4) is 22.3 Å². The number of hydrogen-bond donors (Lipinski definition) is 1. The van der Waals surface area contributed by atoms with Crippen molar-refractivity contribution in [2.75, 3.05) is 5.73 Å². The van der Waals surface area contributed by atoms with Crippen LogP contribution in [-0.4, -0.2) is 11.6 Å². The monoisotopic (exact) mass is 471 g/mol. The molecule has 2 aliphatic rings. The summed E-state index contributed by atoms with van der Waals surface area (Å²) < 4.78 is 0. The molecular formula is C34H17NO2. The fourth-order valence-corrected chi connectivity index (χ4v) is 6.91. The van der Waals surface area contributed by atoms with Gasteiger partial charge >= 0.3 is 0 Å². The lowest BCUT2D eigenvalue weighted by Gasteiger charge is -2.25. The van der Waals surface area contributed by atoms with Crippen molar-refractivity contribution in [3.63, 3.8) is 0 Å². The van der Waals surface area contributed by atoms with Gasteiger partial charge in [-0.05, 0) is 78.8 Å². The summed E-state index contributed by atoms with van der Waals surface area (Å²) in [7, 11) is 0. The van der Waals surface area contributed by atoms with Crippen LogP contribution in [0.4, 0.5) is 5.69 Å². The second-order valence-corrected chi connectivity index (χ2v) is 10.2. The van der Waals surface area contributed by atoms with E-state index >= 15 is 0 Å². The highest BCUT2D eigenvalue weighted by Gasteiger charge is 2.30. The molecule has 7 aromatic carbocycles. The Bertz CT molecular complexity index is 2220. The van der Waals surface area contributed by atoms with Crippen LogP contribution < -0.4 is 5.73 Å². The molecule has 0 radical (unpaired) electrons. The average Bonchev–Trinajstić information content (AvgIpc) is 2.94. The Morgan fingerprint density at radius 1 is 0.378 bits per heavy atom. The van der Waals surface area contributed by atoms with Gasteiger partial charge < -0.3 is 5.73 Å². The number of hydrogen-bond acceptors (Lipinski definition) is 3. The molecule has 37 heavy (non-hydrogen) atoms. The molecule has 0 saturated carbocycles. The molecule has 0 heterocycles. The summed E-state index contributed by atoms with van der Waals surface area (Å²) in [5.41, 5.74) is 13.6. The first kappa shape index (κ1) is 19.2. The highest BCUT2D eigenvalue weighted by Crippen LogP contribution is 2.50. The third-order valence-corrected chi connectivity index (χ3v) is 8.43. The fourth-order valence-electron chi connectivity index (χ4n) is 6.91. The van der Waals surface area contributed by atoms with Gasteiger partial charge in [0, 0.05) is 38.7 Å². The van der Waals surface area contributed by atoms with E-state index in [1.165, 1.54) is 0 Å². The van der Waals surface area contributed by atoms with E-state index in [4.69, 9.17) is 5.73 Å². The zero-order valence-corrected chi connectivity index (χ0v) is 19.6. The summed E-state index contributed by atoms with van der Waals surface area (Å²) in [5, 5.41) is 8.65. The van der Waals surface area contributed by atoms with Gasteiger partial charge in [0.15, 0.2) is 11.6 Å². The molecule has 0 unspecified atom stereocenters. The normalized spacial score (nSPS) is 13.6. The Kier molecular flexibility index (Phi) is 3.22. The van der Waals surface area contributed by atoms with Crippen LogP contribution in [0.5, 0.6) is 0 Å². The number of carbonyl (C=O) groups is 2. The van der Waals surface area contributed by atoms with Crippen LogP contribution in [0.3, 0.4) is 0 Å². The number of anilines is 1. The maximum absolute atomic E-state index is 13.6. The molecule has 7 aromatic rings. The van der Waals surface area contributed by atoms with Gasteiger partial charge in [0.05, 0.1) is 0 Å². The van der Waals surface area contributed by atoms with Crippen LogP contribution in [0, 0.1) is 0 Å². The molecule has 0 atom stereocenters. The predicted molar refractivity (Wildman–Crippen MR) is 150 cm³/mol. The maximum Gasteiger partial charge on any atom is 0.194 e. The summed E-state index contributed by atoms with van der Waals surface area (Å²) in [5.74, 6) is 0.0843. The topological polar surface area (TPSA) is 60.2 Å². The van der Waals surface area contributed by atoms with E-state index in [1.54, 1.807) is 6.07 Å². The lowest BCUT2D eigenvalue weighted by Crippen LogP contribution is -2.11. The molecule has 0 aromatic heterocycles. The first-order chi connectivity index (χ1) is 18.1. The van der Waals surface area contributed by atoms with Gasteiger partial charge in [0.25, 0.3) is 0 Å². The van der Waals surface area contributed by atoms with Crippen LogP contribution in [0.25, 0.3) is 65.3 Å². The Morgan fingerprint density at radius 3 is 1.38 bits per heavy atom. The molecule has 0 fully saturated rings. The van der Waals surface area contributed by atoms with Gasteiger partial charge in [0.1, 0.15) is 0 Å². The van der Waals surface area contributed by atoms with E-state index in [-0.39, 0.29) is 11.6 Å². The van der Waals surface area contributed by atoms with Crippen molar-refractivity contribution >= 4 is 60.3 Å². The molecule has 170 valence electrons. The maximum atomic E-state index is 13.6. The largest absolute Gasteiger partial charge is 0.399 e. The lowest BCUT2D eigenvalue weighted by molar-refractivity contribution is 0.103. The van der Waals surface area contributed by atoms with E-state index < -0.39 is 0 Å². The summed E-state index contributed by atoms with van der Waals surface area (Å²) in [6.45, 7) is 0. The molecule has 3 heteroatoms. The first-order valence-electron chi connectivity index (χ1n) is 12.4. The Balaban J connectivity index is 1.51. The molecule has 2 aliphatic carbocycles. The van der Waals surface area contributed by atoms with Crippen LogP contribution in [0.1, 0.15) is 31.8 Å². The summed E-state index contributed by atoms with van der Waals surface area (Å²) >= 11 is 0. The highest BCUT2D eigenvalue weighted by atomic mass is 16.1. The molecule has 0 amide bonds. The minimum Gasteiger partial charge on any atom is -0.399 e. The number of benzene rings is 7. The molecule has 0 saturated heterocycles. The zero-order chi connectivity index (χ0) is 24.6. The number of nitrogen functional groups attached to an aromatic ring is 1. The van der Waals surface area contributed by atoms with Gasteiger partial charge in [-0.2, -0.15) is 0 Å². The molecular weight excluding hydrogens is 454 g/mol. The SMILES string of the molecule is Nc1ccc2c(c1)C(=O)c1ccc3c4ccc5c6c(ccc(c7ccc-2c1c37)c64)-c1ccccc1C5=O. The van der Waals surface area contributed by atoms with Gasteiger partial charge in [-0.15, -0.1) is 0 Å². The highest BCUT2D eigenvalue weighted by molar-refractivity contribution is 6.41. The molecule has 0 bridgehead atoms. The van der Waals surface area contributed by atoms with E-state index in [1.807, 2.05) is 48.5 Å². The van der Waals surface area contributed by atoms with Gasteiger partial charge in [-0.3, -0.25) is 9.59 Å². The van der Waals surface area contributed by atoms with Gasteiger partial charge in [0.2, 0.25) is 0 Å². The van der Waals surface area contributed by atoms with E-state index in [2.05, 4.69) is 36.4 Å². The van der Waals surface area contributed by atoms with Crippen molar-refractivity contribution < 1.29 is 9.59 Å². The summed E-state index contributed by atoms with van der Waals surface area (Å²) in [6, 6.07) is 30.2. The van der Waals surface area contributed by atoms with Crippen molar-refractivity contribution in [2.24, 2.45) is 0 Å². The molecule has 3 nitrogen and oxygen atoms in total. The molecule has 9 rings (SSSR count). The van der Waals surface area contributed by atoms with Crippen molar-refractivity contribution in [3.05, 3.63) is 113 Å². The Hall–Kier alpha value is -5.02. The van der Waals surface area contributed by atoms with Gasteiger partial charge in [-0.25, -0.2) is 0 Å². The molecule has 0 spiro atoms. The number of fused-ring (bicyclic) bond motifs is 6. The van der Waals surface area contributed by atoms with E-state index in [0.29, 0.717) is 16.8 Å². The third kappa shape index (κ3) is 2.11. The number of carbonyl (C=O) groups excluding carboxylic acids is 2.